The quantitative estimate of drug-likeness (QED) is 0.369. The van der Waals surface area contributed by atoms with Gasteiger partial charge in [0.25, 0.3) is 0 Å². The van der Waals surface area contributed by atoms with Crippen molar-refractivity contribution < 1.29 is 18.0 Å². The Bertz CT molecular complexity index is 915. The maximum absolute atomic E-state index is 3.48. The number of rotatable bonds is 4. The van der Waals surface area contributed by atoms with Crippen LogP contribution in [0.4, 0.5) is 11.4 Å². The van der Waals surface area contributed by atoms with Gasteiger partial charge >= 0.3 is 213 Å². The molecule has 0 aliphatic heterocycles. The molecule has 2 rings (SSSR count). The summed E-state index contributed by atoms with van der Waals surface area (Å²) in [6.45, 7) is 28.2. The first-order valence-electron chi connectivity index (χ1n) is 12.1. The van der Waals surface area contributed by atoms with Crippen molar-refractivity contribution >= 4 is 31.9 Å². The summed E-state index contributed by atoms with van der Waals surface area (Å²) in [6.07, 6.45) is 0. The zero-order valence-electron chi connectivity index (χ0n) is 24.0. The number of hydrogen-bond donors (Lipinski definition) is 2. The molecule has 0 saturated carbocycles. The minimum absolute atomic E-state index is 0. The SMILES string of the molecule is CNc1cc[c]([Pd][c]2ccc(NC)c(C(C)(C)C)c2C(C)(C)C)c(C(C)(C)C)c1C(C)(C)C.Cl. The topological polar surface area (TPSA) is 24.1 Å². The molecule has 0 atom stereocenters. The monoisotopic (exact) mass is 578 g/mol. The number of anilines is 2. The second kappa shape index (κ2) is 10.5. The van der Waals surface area contributed by atoms with Crippen LogP contribution in [0.15, 0.2) is 24.3 Å². The van der Waals surface area contributed by atoms with Crippen LogP contribution in [0.3, 0.4) is 0 Å². The molecule has 196 valence electrons. The number of hydrogen-bond acceptors (Lipinski definition) is 2. The molecule has 0 amide bonds. The second-order valence-corrected chi connectivity index (χ2v) is 15.3. The van der Waals surface area contributed by atoms with Crippen LogP contribution in [0.5, 0.6) is 0 Å². The molecule has 2 nitrogen and oxygen atoms in total. The summed E-state index contributed by atoms with van der Waals surface area (Å²) in [5.41, 5.74) is 8.66. The zero-order chi connectivity index (χ0) is 25.6. The Kier molecular flexibility index (Phi) is 9.62. The smallest absolute Gasteiger partial charge is 0.147 e. The van der Waals surface area contributed by atoms with Crippen molar-refractivity contribution in [3.8, 4) is 0 Å². The molecule has 0 aromatic heterocycles. The van der Waals surface area contributed by atoms with Crippen molar-refractivity contribution in [2.24, 2.45) is 0 Å². The van der Waals surface area contributed by atoms with Gasteiger partial charge in [-0.25, -0.2) is 0 Å². The fourth-order valence-electron chi connectivity index (χ4n) is 4.75. The van der Waals surface area contributed by atoms with Crippen LogP contribution < -0.4 is 18.7 Å². The van der Waals surface area contributed by atoms with Crippen molar-refractivity contribution in [2.45, 2.75) is 105 Å². The van der Waals surface area contributed by atoms with Crippen LogP contribution in [0.1, 0.15) is 105 Å². The Balaban J connectivity index is 0.00000578. The Morgan fingerprint density at radius 2 is 0.735 bits per heavy atom. The minimum atomic E-state index is 0. The van der Waals surface area contributed by atoms with Crippen LogP contribution in [-0.4, -0.2) is 14.1 Å². The van der Waals surface area contributed by atoms with Crippen molar-refractivity contribution in [2.75, 3.05) is 24.7 Å². The van der Waals surface area contributed by atoms with E-state index in [0.29, 0.717) is 18.0 Å². The molecule has 0 bridgehead atoms. The first-order valence-corrected chi connectivity index (χ1v) is 13.7. The van der Waals surface area contributed by atoms with Gasteiger partial charge in [0.1, 0.15) is 0 Å². The summed E-state index contributed by atoms with van der Waals surface area (Å²) in [5, 5.41) is 6.97. The molecule has 4 heteroatoms. The molecule has 2 aromatic rings. The van der Waals surface area contributed by atoms with Gasteiger partial charge in [-0.3, -0.25) is 0 Å². The van der Waals surface area contributed by atoms with E-state index in [-0.39, 0.29) is 34.1 Å². The number of halogens is 1. The predicted octanol–water partition coefficient (Wildman–Crippen LogP) is 7.42. The van der Waals surface area contributed by atoms with Crippen LogP contribution in [0.2, 0.25) is 0 Å². The number of benzene rings is 2. The molecule has 2 N–H and O–H groups in total. The fraction of sp³-hybridized carbons (Fsp3) is 0.600. The maximum atomic E-state index is 3.48. The first kappa shape index (κ1) is 31.0. The van der Waals surface area contributed by atoms with Crippen molar-refractivity contribution in [3.63, 3.8) is 0 Å². The third-order valence-electron chi connectivity index (χ3n) is 5.97. The molecule has 34 heavy (non-hydrogen) atoms. The van der Waals surface area contributed by atoms with E-state index in [4.69, 9.17) is 0 Å². The average molecular weight is 580 g/mol. The Morgan fingerprint density at radius 1 is 0.471 bits per heavy atom. The van der Waals surface area contributed by atoms with Crippen molar-refractivity contribution in [1.82, 2.24) is 0 Å². The molecule has 0 aliphatic carbocycles. The van der Waals surface area contributed by atoms with E-state index in [1.165, 1.54) is 41.7 Å². The molecule has 0 radical (unpaired) electrons. The molecular formula is C30H49ClN2Pd. The summed E-state index contributed by atoms with van der Waals surface area (Å²) in [5.74, 6) is 0. The molecule has 0 spiro atoms. The normalized spacial score (nSPS) is 13.0. The summed E-state index contributed by atoms with van der Waals surface area (Å²) in [7, 11) is 4.09. The second-order valence-electron chi connectivity index (χ2n) is 13.2. The first-order chi connectivity index (χ1) is 14.8. The van der Waals surface area contributed by atoms with Gasteiger partial charge in [0.05, 0.1) is 0 Å². The Morgan fingerprint density at radius 3 is 0.941 bits per heavy atom. The van der Waals surface area contributed by atoms with Gasteiger partial charge in [0, 0.05) is 0 Å². The predicted molar refractivity (Wildman–Crippen MR) is 153 cm³/mol. The summed E-state index contributed by atoms with van der Waals surface area (Å²) in [4.78, 5) is 0. The average Bonchev–Trinajstić information content (AvgIpc) is 2.64. The zero-order valence-corrected chi connectivity index (χ0v) is 26.4. The third-order valence-corrected chi connectivity index (χ3v) is 8.10. The van der Waals surface area contributed by atoms with Crippen LogP contribution in [0.25, 0.3) is 0 Å². The summed E-state index contributed by atoms with van der Waals surface area (Å²) >= 11 is 0.347. The van der Waals surface area contributed by atoms with E-state index in [0.717, 1.165) is 0 Å². The van der Waals surface area contributed by atoms with E-state index in [1.54, 1.807) is 0 Å². The maximum Gasteiger partial charge on any atom is -0.147 e. The molecule has 0 fully saturated rings. The Labute approximate surface area is 225 Å². The van der Waals surface area contributed by atoms with Gasteiger partial charge in [-0.05, 0) is 0 Å². The van der Waals surface area contributed by atoms with Crippen LogP contribution >= 0.6 is 12.4 Å². The van der Waals surface area contributed by atoms with Crippen LogP contribution in [0, 0.1) is 0 Å². The largest absolute Gasteiger partial charge is 0.147 e. The fourth-order valence-corrected chi connectivity index (χ4v) is 7.66. The van der Waals surface area contributed by atoms with E-state index < -0.39 is 0 Å². The summed E-state index contributed by atoms with van der Waals surface area (Å²) in [6, 6.07) is 9.36. The van der Waals surface area contributed by atoms with Gasteiger partial charge in [0.15, 0.2) is 0 Å². The van der Waals surface area contributed by atoms with E-state index in [2.05, 4.69) is 118 Å². The molecule has 0 heterocycles. The van der Waals surface area contributed by atoms with E-state index in [9.17, 15) is 0 Å². The standard InChI is InChI=1S/2C15H24N.ClH.Pd/c2*1-14(2,3)11-9-8-10-12(16-7)13(11)15(4,5)6;;/h2*8,10,16H,1-7H3;1H;. The summed E-state index contributed by atoms with van der Waals surface area (Å²) < 4.78 is 2.98. The Hall–Kier alpha value is -1.01. The third kappa shape index (κ3) is 6.60. The van der Waals surface area contributed by atoms with Crippen molar-refractivity contribution in [3.05, 3.63) is 46.5 Å². The van der Waals surface area contributed by atoms with Gasteiger partial charge in [0.2, 0.25) is 0 Å². The van der Waals surface area contributed by atoms with E-state index >= 15 is 0 Å². The van der Waals surface area contributed by atoms with Crippen molar-refractivity contribution in [1.29, 1.82) is 0 Å². The minimum Gasteiger partial charge on any atom is -0.147 e. The van der Waals surface area contributed by atoms with E-state index in [1.807, 2.05) is 14.1 Å². The number of nitrogens with one attached hydrogen (secondary N) is 2. The molecule has 0 unspecified atom stereocenters. The van der Waals surface area contributed by atoms with Gasteiger partial charge in [-0.1, -0.05) is 0 Å². The molecule has 2 aromatic carbocycles. The van der Waals surface area contributed by atoms with Gasteiger partial charge in [-0.15, -0.1) is 12.4 Å². The van der Waals surface area contributed by atoms with Gasteiger partial charge in [-0.2, -0.15) is 0 Å². The molecule has 0 aliphatic rings. The molecular weight excluding hydrogens is 530 g/mol. The van der Waals surface area contributed by atoms with Crippen LogP contribution in [-0.2, 0) is 39.6 Å². The molecule has 0 saturated heterocycles. The van der Waals surface area contributed by atoms with Gasteiger partial charge < -0.3 is 0 Å².